The lowest BCUT2D eigenvalue weighted by molar-refractivity contribution is 0.0164. The van der Waals surface area contributed by atoms with Gasteiger partial charge in [0.15, 0.2) is 0 Å². The van der Waals surface area contributed by atoms with Gasteiger partial charge >= 0.3 is 0 Å². The highest BCUT2D eigenvalue weighted by Crippen LogP contribution is 2.22. The van der Waals surface area contributed by atoms with Crippen LogP contribution in [0, 0.1) is 13.8 Å². The van der Waals surface area contributed by atoms with E-state index in [1.807, 2.05) is 13.8 Å². The van der Waals surface area contributed by atoms with Crippen LogP contribution in [0.3, 0.4) is 0 Å². The molecule has 1 heterocycles. The molecule has 0 spiro atoms. The smallest absolute Gasteiger partial charge is 0.208 e. The van der Waals surface area contributed by atoms with Gasteiger partial charge in [0.05, 0.1) is 18.3 Å². The highest BCUT2D eigenvalue weighted by Gasteiger charge is 2.28. The van der Waals surface area contributed by atoms with E-state index in [1.165, 1.54) is 0 Å². The number of nitrogens with zero attached hydrogens (tertiary/aromatic N) is 1. The lowest BCUT2D eigenvalue weighted by Crippen LogP contribution is -2.44. The molecule has 2 rings (SSSR count). The largest absolute Gasteiger partial charge is 0.444 e. The molecule has 1 fully saturated rings. The Kier molecular flexibility index (Phi) is 3.07. The average Bonchev–Trinajstić information content (AvgIpc) is 2.44. The van der Waals surface area contributed by atoms with Crippen LogP contribution in [0.2, 0.25) is 0 Å². The standard InChI is InChI=1S/C11H18N2O2/c1-7-8(2)15-11(13-7)6-12-9-4-10(5-9)14-3/h9-10,12H,4-6H2,1-3H3. The van der Waals surface area contributed by atoms with E-state index in [2.05, 4.69) is 10.3 Å². The van der Waals surface area contributed by atoms with Gasteiger partial charge in [-0.05, 0) is 26.7 Å². The Bertz CT molecular complexity index is 310. The van der Waals surface area contributed by atoms with Gasteiger partial charge in [-0.3, -0.25) is 0 Å². The summed E-state index contributed by atoms with van der Waals surface area (Å²) in [7, 11) is 1.77. The number of ether oxygens (including phenoxy) is 1. The van der Waals surface area contributed by atoms with Crippen molar-refractivity contribution in [3.63, 3.8) is 0 Å². The van der Waals surface area contributed by atoms with Gasteiger partial charge in [0.2, 0.25) is 5.89 Å². The maximum absolute atomic E-state index is 5.48. The van der Waals surface area contributed by atoms with Gasteiger partial charge in [-0.25, -0.2) is 4.98 Å². The molecule has 84 valence electrons. The molecule has 1 saturated carbocycles. The molecule has 4 nitrogen and oxygen atoms in total. The lowest BCUT2D eigenvalue weighted by Gasteiger charge is -2.34. The van der Waals surface area contributed by atoms with Crippen molar-refractivity contribution in [1.82, 2.24) is 10.3 Å². The molecule has 1 aromatic rings. The van der Waals surface area contributed by atoms with Crippen LogP contribution in [-0.2, 0) is 11.3 Å². The third-order valence-corrected chi connectivity index (χ3v) is 3.04. The van der Waals surface area contributed by atoms with Crippen LogP contribution in [0.5, 0.6) is 0 Å². The van der Waals surface area contributed by atoms with E-state index >= 15 is 0 Å². The SMILES string of the molecule is COC1CC(NCc2nc(C)c(C)o2)C1. The van der Waals surface area contributed by atoms with E-state index in [0.29, 0.717) is 12.1 Å². The highest BCUT2D eigenvalue weighted by molar-refractivity contribution is 5.05. The fourth-order valence-corrected chi connectivity index (χ4v) is 1.77. The summed E-state index contributed by atoms with van der Waals surface area (Å²) < 4.78 is 10.7. The zero-order chi connectivity index (χ0) is 10.8. The van der Waals surface area contributed by atoms with E-state index < -0.39 is 0 Å². The molecule has 0 aromatic carbocycles. The molecule has 0 atom stereocenters. The Morgan fingerprint density at radius 3 is 2.73 bits per heavy atom. The van der Waals surface area contributed by atoms with Crippen LogP contribution in [0.25, 0.3) is 0 Å². The van der Waals surface area contributed by atoms with E-state index in [0.717, 1.165) is 36.7 Å². The van der Waals surface area contributed by atoms with Crippen molar-refractivity contribution in [3.05, 3.63) is 17.3 Å². The number of rotatable bonds is 4. The van der Waals surface area contributed by atoms with Crippen molar-refractivity contribution in [2.75, 3.05) is 7.11 Å². The van der Waals surface area contributed by atoms with Gasteiger partial charge in [-0.15, -0.1) is 0 Å². The summed E-state index contributed by atoms with van der Waals surface area (Å²) in [6.07, 6.45) is 2.63. The molecule has 1 aliphatic rings. The van der Waals surface area contributed by atoms with Crippen molar-refractivity contribution in [3.8, 4) is 0 Å². The predicted octanol–water partition coefficient (Wildman–Crippen LogP) is 1.56. The third-order valence-electron chi connectivity index (χ3n) is 3.04. The Balaban J connectivity index is 1.75. The Hall–Kier alpha value is -0.870. The zero-order valence-corrected chi connectivity index (χ0v) is 9.54. The number of hydrogen-bond donors (Lipinski definition) is 1. The molecule has 0 unspecified atom stereocenters. The van der Waals surface area contributed by atoms with Gasteiger partial charge in [0, 0.05) is 13.2 Å². The van der Waals surface area contributed by atoms with Crippen molar-refractivity contribution in [2.45, 2.75) is 45.4 Å². The third kappa shape index (κ3) is 2.38. The van der Waals surface area contributed by atoms with Crippen molar-refractivity contribution in [2.24, 2.45) is 0 Å². The first-order valence-electron chi connectivity index (χ1n) is 5.38. The Morgan fingerprint density at radius 1 is 1.47 bits per heavy atom. The van der Waals surface area contributed by atoms with Gasteiger partial charge in [0.25, 0.3) is 0 Å². The quantitative estimate of drug-likeness (QED) is 0.819. The summed E-state index contributed by atoms with van der Waals surface area (Å²) in [5.74, 6) is 1.70. The Labute approximate surface area is 90.0 Å². The molecule has 0 aliphatic heterocycles. The van der Waals surface area contributed by atoms with Gasteiger partial charge in [0.1, 0.15) is 5.76 Å². The highest BCUT2D eigenvalue weighted by atomic mass is 16.5. The molecule has 4 heteroatoms. The predicted molar refractivity (Wildman–Crippen MR) is 56.6 cm³/mol. The summed E-state index contributed by atoms with van der Waals surface area (Å²) >= 11 is 0. The fraction of sp³-hybridized carbons (Fsp3) is 0.727. The van der Waals surface area contributed by atoms with E-state index in [-0.39, 0.29) is 0 Å². The lowest BCUT2D eigenvalue weighted by atomic mass is 9.89. The van der Waals surface area contributed by atoms with Crippen LogP contribution in [0.15, 0.2) is 4.42 Å². The molecular formula is C11H18N2O2. The van der Waals surface area contributed by atoms with Gasteiger partial charge in [-0.2, -0.15) is 0 Å². The van der Waals surface area contributed by atoms with Crippen LogP contribution >= 0.6 is 0 Å². The minimum absolute atomic E-state index is 0.440. The van der Waals surface area contributed by atoms with Crippen LogP contribution in [0.1, 0.15) is 30.2 Å². The second-order valence-corrected chi connectivity index (χ2v) is 4.16. The summed E-state index contributed by atoms with van der Waals surface area (Å²) in [6.45, 7) is 4.62. The molecule has 15 heavy (non-hydrogen) atoms. The second kappa shape index (κ2) is 4.33. The zero-order valence-electron chi connectivity index (χ0n) is 9.54. The van der Waals surface area contributed by atoms with E-state index in [1.54, 1.807) is 7.11 Å². The van der Waals surface area contributed by atoms with Gasteiger partial charge < -0.3 is 14.5 Å². The monoisotopic (exact) mass is 210 g/mol. The number of oxazole rings is 1. The average molecular weight is 210 g/mol. The maximum atomic E-state index is 5.48. The Morgan fingerprint density at radius 2 is 2.20 bits per heavy atom. The van der Waals surface area contributed by atoms with Crippen LogP contribution in [0.4, 0.5) is 0 Å². The molecule has 0 bridgehead atoms. The van der Waals surface area contributed by atoms with E-state index in [9.17, 15) is 0 Å². The topological polar surface area (TPSA) is 47.3 Å². The van der Waals surface area contributed by atoms with E-state index in [4.69, 9.17) is 9.15 Å². The number of methoxy groups -OCH3 is 1. The first kappa shape index (κ1) is 10.6. The number of nitrogens with one attached hydrogen (secondary N) is 1. The molecular weight excluding hydrogens is 192 g/mol. The first-order chi connectivity index (χ1) is 7.19. The number of hydrogen-bond acceptors (Lipinski definition) is 4. The maximum Gasteiger partial charge on any atom is 0.208 e. The molecule has 0 radical (unpaired) electrons. The molecule has 1 aromatic heterocycles. The molecule has 0 amide bonds. The number of aryl methyl sites for hydroxylation is 2. The first-order valence-corrected chi connectivity index (χ1v) is 5.38. The summed E-state index contributed by atoms with van der Waals surface area (Å²) in [5.41, 5.74) is 0.982. The minimum Gasteiger partial charge on any atom is -0.444 e. The van der Waals surface area contributed by atoms with Crippen molar-refractivity contribution in [1.29, 1.82) is 0 Å². The van der Waals surface area contributed by atoms with Crippen molar-refractivity contribution >= 4 is 0 Å². The summed E-state index contributed by atoms with van der Waals surface area (Å²) in [4.78, 5) is 4.32. The number of aromatic nitrogens is 1. The van der Waals surface area contributed by atoms with Crippen LogP contribution in [-0.4, -0.2) is 24.2 Å². The molecule has 1 aliphatic carbocycles. The van der Waals surface area contributed by atoms with Crippen LogP contribution < -0.4 is 5.32 Å². The summed E-state index contributed by atoms with van der Waals surface area (Å²) in [5, 5.41) is 3.40. The molecule has 0 saturated heterocycles. The minimum atomic E-state index is 0.440. The van der Waals surface area contributed by atoms with Gasteiger partial charge in [-0.1, -0.05) is 0 Å². The second-order valence-electron chi connectivity index (χ2n) is 4.16. The molecule has 1 N–H and O–H groups in total. The summed E-state index contributed by atoms with van der Waals surface area (Å²) in [6, 6.07) is 0.558. The fourth-order valence-electron chi connectivity index (χ4n) is 1.77. The normalized spacial score (nSPS) is 25.3. The van der Waals surface area contributed by atoms with Crippen molar-refractivity contribution < 1.29 is 9.15 Å².